The number of thioether (sulfide) groups is 1. The molecule has 0 aliphatic rings. The molecule has 6 heteroatoms. The van der Waals surface area contributed by atoms with E-state index in [0.29, 0.717) is 23.2 Å². The first-order chi connectivity index (χ1) is 10.2. The van der Waals surface area contributed by atoms with Crippen LogP contribution in [0.15, 0.2) is 53.7 Å². The van der Waals surface area contributed by atoms with E-state index in [2.05, 4.69) is 15.3 Å². The van der Waals surface area contributed by atoms with Crippen LogP contribution in [0.25, 0.3) is 11.0 Å². The highest BCUT2D eigenvalue weighted by atomic mass is 32.2. The number of H-pyrrole nitrogens is 1. The standard InChI is InChI=1S/C15H13F2N3S/c16-15(17)21-12-5-3-11(4-6-12)19-8-10-9-20-14-13(10)2-1-7-18-14/h1-7,9,15,19H,8H2,(H,18,20). The highest BCUT2D eigenvalue weighted by molar-refractivity contribution is 7.99. The Balaban J connectivity index is 1.67. The number of alkyl halides is 2. The number of benzene rings is 1. The summed E-state index contributed by atoms with van der Waals surface area (Å²) in [5, 5.41) is 4.35. The van der Waals surface area contributed by atoms with Gasteiger partial charge in [0.25, 0.3) is 5.76 Å². The number of nitrogens with zero attached hydrogens (tertiary/aromatic N) is 1. The van der Waals surface area contributed by atoms with E-state index in [1.807, 2.05) is 18.3 Å². The van der Waals surface area contributed by atoms with Gasteiger partial charge in [0.15, 0.2) is 0 Å². The summed E-state index contributed by atoms with van der Waals surface area (Å²) in [5.74, 6) is -2.39. The molecule has 108 valence electrons. The number of aromatic nitrogens is 2. The predicted octanol–water partition coefficient (Wildman–Crippen LogP) is 4.49. The van der Waals surface area contributed by atoms with Crippen molar-refractivity contribution in [1.82, 2.24) is 9.97 Å². The highest BCUT2D eigenvalue weighted by Crippen LogP contribution is 2.26. The Kier molecular flexibility index (Phi) is 4.06. The number of hydrogen-bond donors (Lipinski definition) is 2. The number of fused-ring (bicyclic) bond motifs is 1. The largest absolute Gasteiger partial charge is 0.381 e. The minimum Gasteiger partial charge on any atom is -0.381 e. The van der Waals surface area contributed by atoms with E-state index >= 15 is 0 Å². The maximum atomic E-state index is 12.2. The fourth-order valence-corrected chi connectivity index (χ4v) is 2.61. The first-order valence-corrected chi connectivity index (χ1v) is 7.30. The van der Waals surface area contributed by atoms with Gasteiger partial charge in [-0.05, 0) is 42.0 Å². The smallest absolute Gasteiger partial charge is 0.288 e. The molecule has 0 radical (unpaired) electrons. The molecule has 0 amide bonds. The molecule has 2 heterocycles. The molecule has 3 nitrogen and oxygen atoms in total. The molecule has 0 aliphatic heterocycles. The molecule has 0 atom stereocenters. The number of aromatic amines is 1. The molecular formula is C15H13F2N3S. The van der Waals surface area contributed by atoms with Gasteiger partial charge in [-0.3, -0.25) is 0 Å². The average Bonchev–Trinajstić information content (AvgIpc) is 2.89. The lowest BCUT2D eigenvalue weighted by Crippen LogP contribution is -1.98. The molecule has 0 saturated heterocycles. The van der Waals surface area contributed by atoms with Crippen molar-refractivity contribution >= 4 is 28.5 Å². The van der Waals surface area contributed by atoms with Gasteiger partial charge >= 0.3 is 0 Å². The summed E-state index contributed by atoms with van der Waals surface area (Å²) >= 11 is 0.550. The van der Waals surface area contributed by atoms with Crippen molar-refractivity contribution in [2.24, 2.45) is 0 Å². The number of anilines is 1. The van der Waals surface area contributed by atoms with Crippen LogP contribution in [0.1, 0.15) is 5.56 Å². The van der Waals surface area contributed by atoms with Crippen LogP contribution in [0.4, 0.5) is 14.5 Å². The zero-order valence-electron chi connectivity index (χ0n) is 11.0. The van der Waals surface area contributed by atoms with Gasteiger partial charge in [0.05, 0.1) is 0 Å². The maximum absolute atomic E-state index is 12.2. The molecule has 2 N–H and O–H groups in total. The van der Waals surface area contributed by atoms with Crippen LogP contribution in [0.2, 0.25) is 0 Å². The second kappa shape index (κ2) is 6.13. The van der Waals surface area contributed by atoms with Gasteiger partial charge in [-0.15, -0.1) is 0 Å². The first-order valence-electron chi connectivity index (χ1n) is 6.42. The van der Waals surface area contributed by atoms with E-state index in [1.165, 1.54) is 0 Å². The van der Waals surface area contributed by atoms with Crippen LogP contribution in [-0.2, 0) is 6.54 Å². The first kappa shape index (κ1) is 13.9. The molecule has 0 fully saturated rings. The predicted molar refractivity (Wildman–Crippen MR) is 81.7 cm³/mol. The van der Waals surface area contributed by atoms with E-state index in [-0.39, 0.29) is 0 Å². The Bertz CT molecular complexity index is 725. The summed E-state index contributed by atoms with van der Waals surface area (Å²) in [7, 11) is 0. The quantitative estimate of drug-likeness (QED) is 0.682. The number of hydrogen-bond acceptors (Lipinski definition) is 3. The number of nitrogens with one attached hydrogen (secondary N) is 2. The highest BCUT2D eigenvalue weighted by Gasteiger charge is 2.06. The van der Waals surface area contributed by atoms with Gasteiger partial charge in [-0.2, -0.15) is 8.78 Å². The van der Waals surface area contributed by atoms with Crippen LogP contribution in [0, 0.1) is 0 Å². The van der Waals surface area contributed by atoms with Crippen molar-refractivity contribution in [2.75, 3.05) is 5.32 Å². The molecule has 0 aliphatic carbocycles. The number of pyridine rings is 1. The summed E-state index contributed by atoms with van der Waals surface area (Å²) < 4.78 is 24.5. The molecule has 2 aromatic heterocycles. The van der Waals surface area contributed by atoms with E-state index in [0.717, 1.165) is 22.3 Å². The summed E-state index contributed by atoms with van der Waals surface area (Å²) in [6.45, 7) is 0.646. The van der Waals surface area contributed by atoms with Gasteiger partial charge < -0.3 is 10.3 Å². The minimum atomic E-state index is -2.39. The lowest BCUT2D eigenvalue weighted by atomic mass is 10.2. The lowest BCUT2D eigenvalue weighted by molar-refractivity contribution is 0.252. The van der Waals surface area contributed by atoms with Crippen LogP contribution in [0.5, 0.6) is 0 Å². The summed E-state index contributed by atoms with van der Waals surface area (Å²) in [4.78, 5) is 7.92. The van der Waals surface area contributed by atoms with Gasteiger partial charge in [-0.1, -0.05) is 11.8 Å². The van der Waals surface area contributed by atoms with Crippen molar-refractivity contribution in [2.45, 2.75) is 17.2 Å². The normalized spacial score (nSPS) is 11.2. The van der Waals surface area contributed by atoms with Crippen molar-refractivity contribution < 1.29 is 8.78 Å². The Labute approximate surface area is 124 Å². The molecule has 1 aromatic carbocycles. The number of rotatable bonds is 5. The topological polar surface area (TPSA) is 40.7 Å². The van der Waals surface area contributed by atoms with Crippen LogP contribution < -0.4 is 5.32 Å². The van der Waals surface area contributed by atoms with Gasteiger partial charge in [-0.25, -0.2) is 4.98 Å². The zero-order valence-corrected chi connectivity index (χ0v) is 11.8. The fraction of sp³-hybridized carbons (Fsp3) is 0.133. The van der Waals surface area contributed by atoms with Gasteiger partial charge in [0, 0.05) is 34.9 Å². The fourth-order valence-electron chi connectivity index (χ4n) is 2.11. The maximum Gasteiger partial charge on any atom is 0.288 e. The van der Waals surface area contributed by atoms with E-state index in [1.54, 1.807) is 30.5 Å². The van der Waals surface area contributed by atoms with Crippen LogP contribution in [-0.4, -0.2) is 15.7 Å². The molecule has 21 heavy (non-hydrogen) atoms. The molecule has 3 rings (SSSR count). The molecule has 3 aromatic rings. The third-order valence-corrected chi connectivity index (χ3v) is 3.82. The number of halogens is 2. The van der Waals surface area contributed by atoms with E-state index < -0.39 is 5.76 Å². The lowest BCUT2D eigenvalue weighted by Gasteiger charge is -2.07. The molecule has 0 unspecified atom stereocenters. The van der Waals surface area contributed by atoms with Gasteiger partial charge in [0.2, 0.25) is 0 Å². The Morgan fingerprint density at radius 3 is 2.76 bits per heavy atom. The third kappa shape index (κ3) is 3.33. The second-order valence-electron chi connectivity index (χ2n) is 4.47. The Morgan fingerprint density at radius 1 is 1.19 bits per heavy atom. The van der Waals surface area contributed by atoms with E-state index in [9.17, 15) is 8.78 Å². The van der Waals surface area contributed by atoms with Crippen molar-refractivity contribution in [1.29, 1.82) is 0 Å². The monoisotopic (exact) mass is 305 g/mol. The Morgan fingerprint density at radius 2 is 2.00 bits per heavy atom. The van der Waals surface area contributed by atoms with Crippen LogP contribution in [0.3, 0.4) is 0 Å². The molecule has 0 saturated carbocycles. The van der Waals surface area contributed by atoms with Crippen LogP contribution >= 0.6 is 11.8 Å². The summed E-state index contributed by atoms with van der Waals surface area (Å²) in [6, 6.07) is 10.9. The minimum absolute atomic E-state index is 0.550. The van der Waals surface area contributed by atoms with Crippen molar-refractivity contribution in [3.8, 4) is 0 Å². The van der Waals surface area contributed by atoms with Crippen molar-refractivity contribution in [3.63, 3.8) is 0 Å². The van der Waals surface area contributed by atoms with Gasteiger partial charge in [0.1, 0.15) is 5.65 Å². The van der Waals surface area contributed by atoms with E-state index in [4.69, 9.17) is 0 Å². The Hall–Kier alpha value is -2.08. The average molecular weight is 305 g/mol. The molecule has 0 spiro atoms. The third-order valence-electron chi connectivity index (χ3n) is 3.10. The molecule has 0 bridgehead atoms. The molecular weight excluding hydrogens is 292 g/mol. The van der Waals surface area contributed by atoms with Crippen molar-refractivity contribution in [3.05, 3.63) is 54.4 Å². The summed E-state index contributed by atoms with van der Waals surface area (Å²) in [6.07, 6.45) is 3.67. The SMILES string of the molecule is FC(F)Sc1ccc(NCc2c[nH]c3ncccc23)cc1. The second-order valence-corrected chi connectivity index (χ2v) is 5.53. The zero-order chi connectivity index (χ0) is 14.7. The summed E-state index contributed by atoms with van der Waals surface area (Å²) in [5.41, 5.74) is 2.87.